The third-order valence-corrected chi connectivity index (χ3v) is 7.25. The van der Waals surface area contributed by atoms with Crippen molar-refractivity contribution in [3.05, 3.63) is 58.6 Å². The minimum Gasteiger partial charge on any atom is -0.478 e. The van der Waals surface area contributed by atoms with Crippen LogP contribution in [0.15, 0.2) is 47.4 Å². The van der Waals surface area contributed by atoms with Crippen LogP contribution < -0.4 is 24.1 Å². The van der Waals surface area contributed by atoms with Gasteiger partial charge in [-0.3, -0.25) is 9.12 Å². The second kappa shape index (κ2) is 8.20. The van der Waals surface area contributed by atoms with E-state index in [1.165, 1.54) is 22.8 Å². The molecule has 36 heavy (non-hydrogen) atoms. The first kappa shape index (κ1) is 24.1. The molecule has 0 saturated heterocycles. The molecule has 5 rings (SSSR count). The summed E-state index contributed by atoms with van der Waals surface area (Å²) in [4.78, 5) is 20.6. The van der Waals surface area contributed by atoms with Crippen molar-refractivity contribution in [3.8, 4) is 34.5 Å². The van der Waals surface area contributed by atoms with E-state index >= 15 is 0 Å². The Morgan fingerprint density at radius 2 is 2.08 bits per heavy atom. The summed E-state index contributed by atoms with van der Waals surface area (Å²) in [6, 6.07) is 8.75. The highest BCUT2D eigenvalue weighted by atomic mass is 32.3. The van der Waals surface area contributed by atoms with Crippen molar-refractivity contribution in [2.45, 2.75) is 24.6 Å². The molecule has 0 aliphatic carbocycles. The molecule has 0 bridgehead atoms. The van der Waals surface area contributed by atoms with Crippen molar-refractivity contribution in [1.29, 1.82) is 0 Å². The zero-order valence-electron chi connectivity index (χ0n) is 18.7. The van der Waals surface area contributed by atoms with Crippen LogP contribution >= 0.6 is 0 Å². The van der Waals surface area contributed by atoms with Crippen molar-refractivity contribution in [3.63, 3.8) is 0 Å². The van der Waals surface area contributed by atoms with Crippen molar-refractivity contribution >= 4 is 9.63 Å². The number of aromatic nitrogens is 3. The highest BCUT2D eigenvalue weighted by Crippen LogP contribution is 2.42. The number of hydrogen-bond acceptors (Lipinski definition) is 8. The van der Waals surface area contributed by atoms with Gasteiger partial charge in [0.2, 0.25) is 15.5 Å². The minimum absolute atomic E-state index is 0.0318. The van der Waals surface area contributed by atoms with E-state index in [4.69, 9.17) is 14.2 Å². The standard InChI is InChI=1S/C22H20F3N3O7S/c1-36(30,31,22(23,24)25)35-14-4-5-16-13(9-14)6-8-28-17(16)10-19(27-21(28)29)32-11-15-12-33-20-18(34-15)3-2-7-26-20/h2-5,7,9-10,15H,6,8,11-12H2,1H3,(H,30,31). The molecular formula is C22H20F3N3O7S. The van der Waals surface area contributed by atoms with E-state index in [9.17, 15) is 26.7 Å². The third-order valence-electron chi connectivity index (χ3n) is 5.61. The Labute approximate surface area is 202 Å². The van der Waals surface area contributed by atoms with Crippen LogP contribution in [-0.2, 0) is 22.6 Å². The number of rotatable bonds is 5. The Hall–Kier alpha value is -3.65. The number of ether oxygens (including phenoxy) is 3. The average Bonchev–Trinajstić information content (AvgIpc) is 2.81. The number of fused-ring (bicyclic) bond motifs is 4. The van der Waals surface area contributed by atoms with Crippen molar-refractivity contribution < 1.29 is 40.3 Å². The number of nitrogens with zero attached hydrogens (tertiary/aromatic N) is 3. The molecule has 0 fully saturated rings. The van der Waals surface area contributed by atoms with Crippen LogP contribution in [0.2, 0.25) is 0 Å². The number of benzene rings is 1. The van der Waals surface area contributed by atoms with Crippen molar-refractivity contribution in [2.24, 2.45) is 0 Å². The second-order valence-corrected chi connectivity index (χ2v) is 11.4. The Bertz CT molecular complexity index is 1470. The largest absolute Gasteiger partial charge is 0.503 e. The maximum absolute atomic E-state index is 13.1. The van der Waals surface area contributed by atoms with Gasteiger partial charge in [-0.05, 0) is 42.3 Å². The van der Waals surface area contributed by atoms with E-state index in [1.807, 2.05) is 0 Å². The average molecular weight is 527 g/mol. The quantitative estimate of drug-likeness (QED) is 0.534. The third kappa shape index (κ3) is 4.37. The van der Waals surface area contributed by atoms with Gasteiger partial charge in [0.25, 0.3) is 5.88 Å². The lowest BCUT2D eigenvalue weighted by Gasteiger charge is -2.34. The molecule has 2 aliphatic heterocycles. The summed E-state index contributed by atoms with van der Waals surface area (Å²) in [5, 5.41) is 0. The van der Waals surface area contributed by atoms with Gasteiger partial charge >= 0.3 is 11.2 Å². The lowest BCUT2D eigenvalue weighted by molar-refractivity contribution is -0.0619. The fourth-order valence-electron chi connectivity index (χ4n) is 3.80. The van der Waals surface area contributed by atoms with Crippen LogP contribution in [0.1, 0.15) is 5.56 Å². The van der Waals surface area contributed by atoms with Gasteiger partial charge in [-0.25, -0.2) is 14.0 Å². The number of alkyl halides is 3. The molecule has 1 atom stereocenters. The monoisotopic (exact) mass is 527 g/mol. The van der Waals surface area contributed by atoms with Crippen molar-refractivity contribution in [1.82, 2.24) is 14.5 Å². The summed E-state index contributed by atoms with van der Waals surface area (Å²) in [6.45, 7) is 0.416. The maximum atomic E-state index is 13.1. The zero-order chi connectivity index (χ0) is 25.7. The fourth-order valence-corrected chi connectivity index (χ4v) is 4.45. The highest BCUT2D eigenvalue weighted by Gasteiger charge is 2.58. The molecule has 3 aromatic rings. The smallest absolute Gasteiger partial charge is 0.478 e. The van der Waals surface area contributed by atoms with E-state index in [2.05, 4.69) is 14.2 Å². The van der Waals surface area contributed by atoms with Gasteiger partial charge in [-0.2, -0.15) is 18.2 Å². The summed E-state index contributed by atoms with van der Waals surface area (Å²) in [6.07, 6.45) is 1.49. The minimum atomic E-state index is -6.40. The van der Waals surface area contributed by atoms with Gasteiger partial charge < -0.3 is 18.4 Å². The molecular weight excluding hydrogens is 507 g/mol. The van der Waals surface area contributed by atoms with Crippen LogP contribution in [0.3, 0.4) is 0 Å². The highest BCUT2D eigenvalue weighted by molar-refractivity contribution is 8.11. The molecule has 1 N–H and O–H groups in total. The zero-order valence-corrected chi connectivity index (χ0v) is 19.5. The van der Waals surface area contributed by atoms with Gasteiger partial charge in [0.15, 0.2) is 11.9 Å². The molecule has 1 aromatic carbocycles. The number of aryl methyl sites for hydroxylation is 1. The molecule has 10 nitrogen and oxygen atoms in total. The Kier molecular flexibility index (Phi) is 5.48. The SMILES string of the molecule is CS(=O)(O)(Oc1ccc2c(c1)CCn1c-2cc(OCC2COc3ncccc3O2)nc1=O)C(F)(F)F. The first-order valence-corrected chi connectivity index (χ1v) is 12.9. The first-order chi connectivity index (χ1) is 16.9. The predicted molar refractivity (Wildman–Crippen MR) is 121 cm³/mol. The molecule has 0 saturated carbocycles. The summed E-state index contributed by atoms with van der Waals surface area (Å²) in [7, 11) is -6.40. The van der Waals surface area contributed by atoms with Gasteiger partial charge in [-0.1, -0.05) is 0 Å². The molecule has 1 unspecified atom stereocenters. The topological polar surface area (TPSA) is 122 Å². The number of halogens is 3. The summed E-state index contributed by atoms with van der Waals surface area (Å²) in [5.41, 5.74) is -4.55. The summed E-state index contributed by atoms with van der Waals surface area (Å²) in [5.74, 6) is 0.457. The molecule has 4 heterocycles. The van der Waals surface area contributed by atoms with Crippen molar-refractivity contribution in [2.75, 3.05) is 19.5 Å². The second-order valence-electron chi connectivity index (χ2n) is 8.38. The maximum Gasteiger partial charge on any atom is 0.503 e. The van der Waals surface area contributed by atoms with Crippen LogP contribution in [0.25, 0.3) is 11.3 Å². The summed E-state index contributed by atoms with van der Waals surface area (Å²) < 4.78 is 83.9. The normalized spacial score (nSPS) is 17.8. The number of hydrogen-bond donors (Lipinski definition) is 1. The van der Waals surface area contributed by atoms with Gasteiger partial charge in [-0.15, -0.1) is 0 Å². The number of pyridine rings is 1. The Morgan fingerprint density at radius 1 is 1.28 bits per heavy atom. The molecule has 2 aliphatic rings. The lowest BCUT2D eigenvalue weighted by Crippen LogP contribution is -2.50. The molecule has 14 heteroatoms. The Balaban J connectivity index is 1.37. The van der Waals surface area contributed by atoms with E-state index in [1.54, 1.807) is 18.3 Å². The van der Waals surface area contributed by atoms with Crippen LogP contribution in [-0.4, -0.2) is 54.4 Å². The van der Waals surface area contributed by atoms with Gasteiger partial charge in [0, 0.05) is 24.4 Å². The molecule has 0 radical (unpaired) electrons. The lowest BCUT2D eigenvalue weighted by atomic mass is 9.97. The first-order valence-electron chi connectivity index (χ1n) is 10.7. The van der Waals surface area contributed by atoms with Crippen LogP contribution in [0.5, 0.6) is 23.3 Å². The molecule has 192 valence electrons. The molecule has 0 spiro atoms. The van der Waals surface area contributed by atoms with E-state index < -0.39 is 32.7 Å². The molecule has 0 amide bonds. The van der Waals surface area contributed by atoms with E-state index in [-0.39, 0.29) is 38.3 Å². The predicted octanol–water partition coefficient (Wildman–Crippen LogP) is 2.82. The Morgan fingerprint density at radius 3 is 2.86 bits per heavy atom. The molecule has 2 aromatic heterocycles. The van der Waals surface area contributed by atoms with Gasteiger partial charge in [0.1, 0.15) is 19.0 Å². The van der Waals surface area contributed by atoms with E-state index in [0.29, 0.717) is 28.5 Å². The van der Waals surface area contributed by atoms with Crippen LogP contribution in [0.4, 0.5) is 13.2 Å². The van der Waals surface area contributed by atoms with Crippen LogP contribution in [0, 0.1) is 0 Å². The van der Waals surface area contributed by atoms with Gasteiger partial charge in [0.05, 0.1) is 11.9 Å². The van der Waals surface area contributed by atoms with E-state index in [0.717, 1.165) is 6.07 Å². The summed E-state index contributed by atoms with van der Waals surface area (Å²) >= 11 is 0. The fraction of sp³-hybridized carbons (Fsp3) is 0.318.